The molecule has 0 bridgehead atoms. The van der Waals surface area contributed by atoms with Gasteiger partial charge in [-0.3, -0.25) is 14.6 Å². The summed E-state index contributed by atoms with van der Waals surface area (Å²) in [5.74, 6) is -4.78. The minimum atomic E-state index is -4.15. The van der Waals surface area contributed by atoms with Gasteiger partial charge in [0.1, 0.15) is 27.8 Å². The summed E-state index contributed by atoms with van der Waals surface area (Å²) in [6, 6.07) is 4.40. The van der Waals surface area contributed by atoms with Crippen molar-refractivity contribution in [2.45, 2.75) is 38.0 Å². The average Bonchev–Trinajstić information content (AvgIpc) is 2.72. The van der Waals surface area contributed by atoms with Crippen LogP contribution in [0.15, 0.2) is 30.5 Å². The largest absolute Gasteiger partial charge is 0.433 e. The van der Waals surface area contributed by atoms with Crippen LogP contribution in [0.5, 0.6) is 5.75 Å². The molecule has 13 heteroatoms. The molecular weight excluding hydrogens is 480 g/mol. The van der Waals surface area contributed by atoms with Gasteiger partial charge in [0.05, 0.1) is 18.6 Å². The number of halogens is 4. The molecule has 0 aliphatic heterocycles. The molecule has 0 spiro atoms. The van der Waals surface area contributed by atoms with Gasteiger partial charge >= 0.3 is 6.61 Å². The van der Waals surface area contributed by atoms with Crippen LogP contribution in [0.2, 0.25) is 0 Å². The Labute approximate surface area is 193 Å². The summed E-state index contributed by atoms with van der Waals surface area (Å²) in [4.78, 5) is 16.4. The molecule has 0 saturated heterocycles. The first-order valence-corrected chi connectivity index (χ1v) is 11.5. The van der Waals surface area contributed by atoms with Gasteiger partial charge in [0, 0.05) is 11.6 Å². The molecule has 0 fully saturated rings. The van der Waals surface area contributed by atoms with E-state index in [1.54, 1.807) is 0 Å². The molecule has 186 valence electrons. The number of carbonyl (C=O) groups excluding carboxylic acids is 1. The monoisotopic (exact) mass is 504 g/mol. The third kappa shape index (κ3) is 6.01. The molecule has 0 aliphatic carbocycles. The Morgan fingerprint density at radius 1 is 1.29 bits per heavy atom. The van der Waals surface area contributed by atoms with Crippen LogP contribution in [0.4, 0.5) is 23.2 Å². The number of sulfone groups is 1. The predicted octanol–water partition coefficient (Wildman–Crippen LogP) is 3.57. The van der Waals surface area contributed by atoms with Gasteiger partial charge < -0.3 is 15.8 Å². The molecule has 1 aromatic carbocycles. The Hall–Kier alpha value is -3.22. The van der Waals surface area contributed by atoms with Gasteiger partial charge in [0.25, 0.3) is 5.91 Å². The molecule has 2 aromatic rings. The fourth-order valence-electron chi connectivity index (χ4n) is 2.94. The number of nitrogens with two attached hydrogens (primary N) is 1. The third-order valence-electron chi connectivity index (χ3n) is 5.22. The normalized spacial score (nSPS) is 12.9. The summed E-state index contributed by atoms with van der Waals surface area (Å²) in [5, 5.41) is 9.92. The molecule has 0 aliphatic rings. The number of alkyl halides is 3. The Balaban J connectivity index is 2.30. The van der Waals surface area contributed by atoms with Gasteiger partial charge in [-0.25, -0.2) is 17.8 Å². The summed E-state index contributed by atoms with van der Waals surface area (Å²) < 4.78 is 80.7. The van der Waals surface area contributed by atoms with E-state index in [1.165, 1.54) is 32.9 Å². The second kappa shape index (κ2) is 10.4. The minimum absolute atomic E-state index is 0.0252. The SMILES string of the molecule is Cc1cc(OC(F)F)cnc1C(=O)Nc1ccc(F)c(C(CF)CS(=O)(=O)C(C)(C)C(=N)N)c1. The second-order valence-electron chi connectivity index (χ2n) is 7.96. The average molecular weight is 505 g/mol. The van der Waals surface area contributed by atoms with Crippen LogP contribution < -0.4 is 15.8 Å². The third-order valence-corrected chi connectivity index (χ3v) is 7.84. The number of anilines is 1. The highest BCUT2D eigenvalue weighted by atomic mass is 32.2. The first-order valence-electron chi connectivity index (χ1n) is 9.84. The maximum atomic E-state index is 14.5. The zero-order valence-corrected chi connectivity index (χ0v) is 19.3. The van der Waals surface area contributed by atoms with Crippen molar-refractivity contribution in [3.8, 4) is 5.75 Å². The molecule has 1 unspecified atom stereocenters. The number of amides is 1. The fraction of sp³-hybridized carbons (Fsp3) is 0.381. The first kappa shape index (κ1) is 27.0. The highest BCUT2D eigenvalue weighted by molar-refractivity contribution is 7.93. The number of pyridine rings is 1. The molecule has 8 nitrogen and oxygen atoms in total. The molecule has 2 rings (SSSR count). The second-order valence-corrected chi connectivity index (χ2v) is 10.5. The quantitative estimate of drug-likeness (QED) is 0.257. The number of benzene rings is 1. The number of hydrogen-bond acceptors (Lipinski definition) is 6. The lowest BCUT2D eigenvalue weighted by atomic mass is 10.0. The van der Waals surface area contributed by atoms with Crippen LogP contribution in [0, 0.1) is 18.2 Å². The molecule has 4 N–H and O–H groups in total. The highest BCUT2D eigenvalue weighted by Crippen LogP contribution is 2.29. The van der Waals surface area contributed by atoms with Crippen molar-refractivity contribution in [2.75, 3.05) is 17.7 Å². The van der Waals surface area contributed by atoms with Crippen molar-refractivity contribution in [1.82, 2.24) is 4.98 Å². The highest BCUT2D eigenvalue weighted by Gasteiger charge is 2.39. The Kier molecular flexibility index (Phi) is 8.24. The fourth-order valence-corrected chi connectivity index (χ4v) is 4.49. The summed E-state index contributed by atoms with van der Waals surface area (Å²) in [6.45, 7) is -0.461. The number of rotatable bonds is 10. The van der Waals surface area contributed by atoms with Crippen molar-refractivity contribution < 1.29 is 35.5 Å². The molecule has 1 atom stereocenters. The molecule has 34 heavy (non-hydrogen) atoms. The van der Waals surface area contributed by atoms with Crippen LogP contribution in [0.3, 0.4) is 0 Å². The van der Waals surface area contributed by atoms with E-state index >= 15 is 0 Å². The van der Waals surface area contributed by atoms with Gasteiger partial charge in [-0.1, -0.05) is 0 Å². The topological polar surface area (TPSA) is 135 Å². The van der Waals surface area contributed by atoms with E-state index in [9.17, 15) is 30.8 Å². The molecule has 1 heterocycles. The van der Waals surface area contributed by atoms with Crippen molar-refractivity contribution in [2.24, 2.45) is 5.73 Å². The van der Waals surface area contributed by atoms with E-state index in [1.807, 2.05) is 0 Å². The van der Waals surface area contributed by atoms with Gasteiger partial charge in [0.2, 0.25) is 0 Å². The maximum Gasteiger partial charge on any atom is 0.387 e. The smallest absolute Gasteiger partial charge is 0.387 e. The summed E-state index contributed by atoms with van der Waals surface area (Å²) >= 11 is 0. The number of nitrogens with zero attached hydrogens (tertiary/aromatic N) is 1. The number of hydrogen-bond donors (Lipinski definition) is 3. The van der Waals surface area contributed by atoms with Crippen LogP contribution in [-0.4, -0.2) is 48.9 Å². The number of carbonyl (C=O) groups is 1. The van der Waals surface area contributed by atoms with E-state index in [0.717, 1.165) is 18.3 Å². The van der Waals surface area contributed by atoms with Gasteiger partial charge in [-0.05, 0) is 56.2 Å². The summed E-state index contributed by atoms with van der Waals surface area (Å²) in [6.07, 6.45) is 0.935. The zero-order valence-electron chi connectivity index (χ0n) is 18.5. The lowest BCUT2D eigenvalue weighted by Gasteiger charge is -2.26. The Morgan fingerprint density at radius 3 is 2.47 bits per heavy atom. The lowest BCUT2D eigenvalue weighted by molar-refractivity contribution is -0.0501. The number of aryl methyl sites for hydroxylation is 1. The van der Waals surface area contributed by atoms with Gasteiger partial charge in [0.15, 0.2) is 9.84 Å². The number of amidine groups is 1. The standard InChI is InChI=1S/C21H24F4N4O4S/c1-11-6-14(33-20(24)25)9-28-17(11)18(30)29-13-4-5-16(23)15(7-13)12(8-22)10-34(31,32)21(2,3)19(26)27/h4-7,9,12,20H,8,10H2,1-3H3,(H3,26,27)(H,29,30). The van der Waals surface area contributed by atoms with Gasteiger partial charge in [-0.2, -0.15) is 8.78 Å². The van der Waals surface area contributed by atoms with E-state index in [0.29, 0.717) is 0 Å². The first-order chi connectivity index (χ1) is 15.7. The maximum absolute atomic E-state index is 14.5. The zero-order chi connectivity index (χ0) is 25.8. The summed E-state index contributed by atoms with van der Waals surface area (Å²) in [5.41, 5.74) is 5.18. The van der Waals surface area contributed by atoms with E-state index < -0.39 is 57.1 Å². The van der Waals surface area contributed by atoms with E-state index in [-0.39, 0.29) is 28.3 Å². The van der Waals surface area contributed by atoms with E-state index in [2.05, 4.69) is 15.0 Å². The summed E-state index contributed by atoms with van der Waals surface area (Å²) in [7, 11) is -4.15. The molecule has 1 amide bonds. The molecule has 0 saturated carbocycles. The Bertz CT molecular complexity index is 1190. The van der Waals surface area contributed by atoms with Crippen LogP contribution >= 0.6 is 0 Å². The Morgan fingerprint density at radius 2 is 1.94 bits per heavy atom. The number of nitrogens with one attached hydrogen (secondary N) is 2. The molecule has 0 radical (unpaired) electrons. The van der Waals surface area contributed by atoms with Crippen molar-refractivity contribution in [3.63, 3.8) is 0 Å². The molecular formula is C21H24F4N4O4S. The number of ether oxygens (including phenoxy) is 1. The van der Waals surface area contributed by atoms with Crippen LogP contribution in [0.1, 0.15) is 41.4 Å². The van der Waals surface area contributed by atoms with Crippen LogP contribution in [0.25, 0.3) is 0 Å². The van der Waals surface area contributed by atoms with Crippen LogP contribution in [-0.2, 0) is 9.84 Å². The van der Waals surface area contributed by atoms with Crippen molar-refractivity contribution in [1.29, 1.82) is 5.41 Å². The lowest BCUT2D eigenvalue weighted by Crippen LogP contribution is -2.47. The number of aromatic nitrogens is 1. The predicted molar refractivity (Wildman–Crippen MR) is 118 cm³/mol. The van der Waals surface area contributed by atoms with E-state index in [4.69, 9.17) is 11.1 Å². The molecule has 1 aromatic heterocycles. The van der Waals surface area contributed by atoms with Crippen molar-refractivity contribution in [3.05, 3.63) is 53.1 Å². The van der Waals surface area contributed by atoms with Crippen molar-refractivity contribution >= 4 is 27.3 Å². The minimum Gasteiger partial charge on any atom is -0.433 e. The van der Waals surface area contributed by atoms with Gasteiger partial charge in [-0.15, -0.1) is 0 Å².